The van der Waals surface area contributed by atoms with E-state index in [9.17, 15) is 0 Å². The smallest absolute Gasteiger partial charge is 0.323 e. The maximum atomic E-state index is 15.4. The Labute approximate surface area is 155 Å². The number of hydrogen-bond donors (Lipinski definition) is 2. The summed E-state index contributed by atoms with van der Waals surface area (Å²) >= 11 is 0. The van der Waals surface area contributed by atoms with Gasteiger partial charge in [-0.3, -0.25) is 4.98 Å². The van der Waals surface area contributed by atoms with Gasteiger partial charge in [-0.2, -0.15) is 4.98 Å². The number of nitrogens with two attached hydrogens (primary N) is 2. The number of nitrogen functional groups attached to an aromatic ring is 2. The van der Waals surface area contributed by atoms with E-state index in [0.29, 0.717) is 5.69 Å². The highest BCUT2D eigenvalue weighted by Gasteiger charge is 2.26. The van der Waals surface area contributed by atoms with Crippen LogP contribution in [0.15, 0.2) is 36.8 Å². The fraction of sp³-hybridized carbons (Fsp3) is 0.263. The largest absolute Gasteiger partial charge is 0.421 e. The summed E-state index contributed by atoms with van der Waals surface area (Å²) in [7, 11) is 0. The van der Waals surface area contributed by atoms with Crippen LogP contribution in [0.4, 0.5) is 16.0 Å². The van der Waals surface area contributed by atoms with E-state index in [2.05, 4.69) is 19.9 Å². The minimum atomic E-state index is -0.524. The first kappa shape index (κ1) is 17.1. The maximum absolute atomic E-state index is 15.4. The number of aromatic nitrogens is 4. The summed E-state index contributed by atoms with van der Waals surface area (Å²) < 4.78 is 21.2. The molecule has 0 radical (unpaired) electrons. The Morgan fingerprint density at radius 1 is 0.963 bits per heavy atom. The maximum Gasteiger partial charge on any atom is 0.323 e. The van der Waals surface area contributed by atoms with E-state index in [-0.39, 0.29) is 34.9 Å². The van der Waals surface area contributed by atoms with Crippen LogP contribution in [-0.2, 0) is 0 Å². The predicted molar refractivity (Wildman–Crippen MR) is 99.6 cm³/mol. The van der Waals surface area contributed by atoms with Gasteiger partial charge in [-0.05, 0) is 30.9 Å². The molecule has 8 heteroatoms. The second kappa shape index (κ2) is 7.14. The van der Waals surface area contributed by atoms with Gasteiger partial charge in [0.25, 0.3) is 0 Å². The van der Waals surface area contributed by atoms with Crippen molar-refractivity contribution >= 4 is 11.6 Å². The fourth-order valence-corrected chi connectivity index (χ4v) is 3.40. The molecule has 0 bridgehead atoms. The van der Waals surface area contributed by atoms with Crippen molar-refractivity contribution in [3.8, 4) is 23.0 Å². The van der Waals surface area contributed by atoms with E-state index in [1.54, 1.807) is 12.1 Å². The number of benzene rings is 1. The van der Waals surface area contributed by atoms with E-state index in [0.717, 1.165) is 31.2 Å². The predicted octanol–water partition coefficient (Wildman–Crippen LogP) is 3.69. The average Bonchev–Trinajstić information content (AvgIpc) is 3.19. The van der Waals surface area contributed by atoms with Gasteiger partial charge in [0.2, 0.25) is 0 Å². The summed E-state index contributed by atoms with van der Waals surface area (Å²) in [4.78, 5) is 16.2. The Bertz CT molecular complexity index is 957. The summed E-state index contributed by atoms with van der Waals surface area (Å²) in [5.41, 5.74) is 12.7. The lowest BCUT2D eigenvalue weighted by molar-refractivity contribution is 0.403. The van der Waals surface area contributed by atoms with Gasteiger partial charge in [0.15, 0.2) is 11.6 Å². The van der Waals surface area contributed by atoms with Crippen LogP contribution in [0.3, 0.4) is 0 Å². The molecule has 138 valence electrons. The molecule has 7 nitrogen and oxygen atoms in total. The van der Waals surface area contributed by atoms with Gasteiger partial charge in [-0.1, -0.05) is 18.9 Å². The molecule has 0 saturated heterocycles. The molecule has 1 fully saturated rings. The fourth-order valence-electron chi connectivity index (χ4n) is 3.40. The first-order valence-corrected chi connectivity index (χ1v) is 8.78. The Hall–Kier alpha value is -3.29. The van der Waals surface area contributed by atoms with Crippen LogP contribution in [0.1, 0.15) is 37.2 Å². The van der Waals surface area contributed by atoms with Crippen LogP contribution in [0.2, 0.25) is 0 Å². The number of rotatable bonds is 4. The summed E-state index contributed by atoms with van der Waals surface area (Å²) in [6, 6.07) is 5.14. The van der Waals surface area contributed by atoms with Gasteiger partial charge in [-0.15, -0.1) is 0 Å². The summed E-state index contributed by atoms with van der Waals surface area (Å²) in [5, 5.41) is 0. The van der Waals surface area contributed by atoms with Crippen molar-refractivity contribution in [3.05, 3.63) is 48.2 Å². The molecule has 3 aromatic rings. The quantitative estimate of drug-likeness (QED) is 0.724. The Kier molecular flexibility index (Phi) is 4.53. The molecule has 0 atom stereocenters. The van der Waals surface area contributed by atoms with Crippen LogP contribution >= 0.6 is 0 Å². The molecule has 1 saturated carbocycles. The topological polar surface area (TPSA) is 113 Å². The Morgan fingerprint density at radius 2 is 1.78 bits per heavy atom. The molecule has 0 amide bonds. The molecule has 0 aliphatic heterocycles. The van der Waals surface area contributed by atoms with E-state index in [1.807, 2.05) is 6.07 Å². The van der Waals surface area contributed by atoms with Crippen molar-refractivity contribution in [3.63, 3.8) is 0 Å². The van der Waals surface area contributed by atoms with Crippen LogP contribution in [-0.4, -0.2) is 19.9 Å². The lowest BCUT2D eigenvalue weighted by Crippen LogP contribution is -2.04. The Morgan fingerprint density at radius 3 is 2.48 bits per heavy atom. The van der Waals surface area contributed by atoms with Crippen LogP contribution in [0.5, 0.6) is 11.8 Å². The molecule has 1 aromatic carbocycles. The molecule has 1 aliphatic carbocycles. The summed E-state index contributed by atoms with van der Waals surface area (Å²) in [6.07, 6.45) is 8.52. The molecular weight excluding hydrogens is 347 g/mol. The highest BCUT2D eigenvalue weighted by Crippen LogP contribution is 2.43. The highest BCUT2D eigenvalue weighted by atomic mass is 19.1. The molecule has 2 heterocycles. The van der Waals surface area contributed by atoms with Crippen molar-refractivity contribution in [1.29, 1.82) is 0 Å². The second-order valence-corrected chi connectivity index (χ2v) is 6.52. The molecule has 4 N–H and O–H groups in total. The van der Waals surface area contributed by atoms with E-state index in [4.69, 9.17) is 16.2 Å². The van der Waals surface area contributed by atoms with Gasteiger partial charge >= 0.3 is 6.01 Å². The number of halogens is 1. The third-order valence-corrected chi connectivity index (χ3v) is 4.72. The Balaban J connectivity index is 1.80. The van der Waals surface area contributed by atoms with Crippen molar-refractivity contribution < 1.29 is 9.13 Å². The minimum Gasteiger partial charge on any atom is -0.421 e. The third kappa shape index (κ3) is 3.51. The molecule has 1 aliphatic rings. The van der Waals surface area contributed by atoms with Gasteiger partial charge in [-0.25, -0.2) is 14.4 Å². The number of nitrogens with zero attached hydrogens (tertiary/aromatic N) is 4. The van der Waals surface area contributed by atoms with Gasteiger partial charge in [0.1, 0.15) is 11.6 Å². The lowest BCUT2D eigenvalue weighted by Gasteiger charge is -2.17. The summed E-state index contributed by atoms with van der Waals surface area (Å²) in [5.74, 6) is 0.352. The number of anilines is 2. The van der Waals surface area contributed by atoms with Gasteiger partial charge in [0, 0.05) is 17.3 Å². The van der Waals surface area contributed by atoms with Crippen LogP contribution in [0, 0.1) is 5.82 Å². The van der Waals surface area contributed by atoms with E-state index in [1.165, 1.54) is 18.6 Å². The molecular formula is C19H19FN6O. The lowest BCUT2D eigenvalue weighted by atomic mass is 9.94. The monoisotopic (exact) mass is 366 g/mol. The minimum absolute atomic E-state index is 0.00804. The van der Waals surface area contributed by atoms with Crippen molar-refractivity contribution in [2.75, 3.05) is 11.5 Å². The second-order valence-electron chi connectivity index (χ2n) is 6.52. The molecule has 0 unspecified atom stereocenters. The third-order valence-electron chi connectivity index (χ3n) is 4.72. The standard InChI is InChI=1S/C19H19FN6O/c20-17-13(14-9-25-16(22)10-24-14)6-5-12(11-3-1-2-4-11)18(17)27-19-23-8-7-15(21)26-19/h5-11H,1-4H2,(H2,22,25)(H2,21,23,26). The van der Waals surface area contributed by atoms with E-state index >= 15 is 4.39 Å². The zero-order chi connectivity index (χ0) is 18.8. The van der Waals surface area contributed by atoms with E-state index < -0.39 is 5.82 Å². The number of ether oxygens (including phenoxy) is 1. The molecule has 4 rings (SSSR count). The van der Waals surface area contributed by atoms with Crippen molar-refractivity contribution in [2.45, 2.75) is 31.6 Å². The van der Waals surface area contributed by atoms with Crippen LogP contribution < -0.4 is 16.2 Å². The van der Waals surface area contributed by atoms with Gasteiger partial charge in [0.05, 0.1) is 18.1 Å². The van der Waals surface area contributed by atoms with Crippen LogP contribution in [0.25, 0.3) is 11.3 Å². The van der Waals surface area contributed by atoms with Crippen molar-refractivity contribution in [1.82, 2.24) is 19.9 Å². The zero-order valence-corrected chi connectivity index (χ0v) is 14.6. The molecule has 0 spiro atoms. The van der Waals surface area contributed by atoms with Gasteiger partial charge < -0.3 is 16.2 Å². The highest BCUT2D eigenvalue weighted by molar-refractivity contribution is 5.64. The van der Waals surface area contributed by atoms with Crippen molar-refractivity contribution in [2.24, 2.45) is 0 Å². The normalized spacial score (nSPS) is 14.4. The molecule has 27 heavy (non-hydrogen) atoms. The first-order valence-electron chi connectivity index (χ1n) is 8.78. The SMILES string of the molecule is Nc1cnc(-c2ccc(C3CCCC3)c(Oc3nccc(N)n3)c2F)cn1. The number of hydrogen-bond acceptors (Lipinski definition) is 7. The summed E-state index contributed by atoms with van der Waals surface area (Å²) in [6.45, 7) is 0. The first-order chi connectivity index (χ1) is 13.1. The zero-order valence-electron chi connectivity index (χ0n) is 14.6. The molecule has 2 aromatic heterocycles. The average molecular weight is 366 g/mol.